The molecule has 1 aromatic carbocycles. The van der Waals surface area contributed by atoms with Crippen molar-refractivity contribution in [2.24, 2.45) is 0 Å². The van der Waals surface area contributed by atoms with Gasteiger partial charge >= 0.3 is 0 Å². The van der Waals surface area contributed by atoms with E-state index in [-0.39, 0.29) is 5.91 Å². The number of anilines is 1. The summed E-state index contributed by atoms with van der Waals surface area (Å²) in [7, 11) is 0. The molecule has 6 heteroatoms. The zero-order chi connectivity index (χ0) is 19.3. The van der Waals surface area contributed by atoms with Gasteiger partial charge in [-0.15, -0.1) is 11.3 Å². The maximum Gasteiger partial charge on any atom is 0.253 e. The number of nitrogens with zero attached hydrogens (tertiary/aromatic N) is 3. The minimum Gasteiger partial charge on any atom is -0.280 e. The van der Waals surface area contributed by atoms with E-state index in [2.05, 4.69) is 24.0 Å². The summed E-state index contributed by atoms with van der Waals surface area (Å²) >= 11 is 3.15. The molecule has 0 atom stereocenters. The first-order chi connectivity index (χ1) is 13.7. The topological polar surface area (TPSA) is 46.1 Å². The fourth-order valence-electron chi connectivity index (χ4n) is 2.84. The van der Waals surface area contributed by atoms with Gasteiger partial charge in [0.15, 0.2) is 5.13 Å². The molecule has 0 bridgehead atoms. The monoisotopic (exact) mass is 405 g/mol. The largest absolute Gasteiger partial charge is 0.280 e. The molecule has 4 nitrogen and oxygen atoms in total. The van der Waals surface area contributed by atoms with Crippen LogP contribution in [0, 0.1) is 0 Å². The van der Waals surface area contributed by atoms with Gasteiger partial charge < -0.3 is 0 Å². The fraction of sp³-hybridized carbons (Fsp3) is 0.136. The van der Waals surface area contributed by atoms with E-state index in [1.807, 2.05) is 41.8 Å². The van der Waals surface area contributed by atoms with Crippen molar-refractivity contribution in [2.75, 3.05) is 4.90 Å². The summed E-state index contributed by atoms with van der Waals surface area (Å²) in [4.78, 5) is 24.7. The Balaban J connectivity index is 1.68. The predicted molar refractivity (Wildman–Crippen MR) is 118 cm³/mol. The van der Waals surface area contributed by atoms with Crippen LogP contribution < -0.4 is 4.90 Å². The molecule has 0 aliphatic carbocycles. The number of amides is 1. The van der Waals surface area contributed by atoms with Crippen molar-refractivity contribution in [3.8, 4) is 0 Å². The van der Waals surface area contributed by atoms with E-state index in [4.69, 9.17) is 4.98 Å². The highest BCUT2D eigenvalue weighted by Crippen LogP contribution is 2.31. The average Bonchev–Trinajstić information content (AvgIpc) is 3.39. The lowest BCUT2D eigenvalue weighted by molar-refractivity contribution is -0.114. The number of fused-ring (bicyclic) bond motifs is 1. The molecule has 0 spiro atoms. The molecule has 3 heterocycles. The van der Waals surface area contributed by atoms with E-state index in [9.17, 15) is 4.79 Å². The van der Waals surface area contributed by atoms with Gasteiger partial charge in [0, 0.05) is 23.3 Å². The number of carbonyl (C=O) groups excluding carboxylic acids is 1. The van der Waals surface area contributed by atoms with Crippen molar-refractivity contribution in [3.05, 3.63) is 82.3 Å². The van der Waals surface area contributed by atoms with E-state index >= 15 is 0 Å². The minimum atomic E-state index is -0.0907. The first-order valence-electron chi connectivity index (χ1n) is 9.04. The van der Waals surface area contributed by atoms with Crippen LogP contribution in [-0.2, 0) is 17.8 Å². The van der Waals surface area contributed by atoms with Crippen molar-refractivity contribution in [3.63, 3.8) is 0 Å². The zero-order valence-electron chi connectivity index (χ0n) is 15.4. The van der Waals surface area contributed by atoms with E-state index in [1.165, 1.54) is 5.56 Å². The highest BCUT2D eigenvalue weighted by Gasteiger charge is 2.18. The van der Waals surface area contributed by atoms with Crippen molar-refractivity contribution in [2.45, 2.75) is 19.9 Å². The normalized spacial score (nSPS) is 11.3. The van der Waals surface area contributed by atoms with Crippen LogP contribution in [0.15, 0.2) is 66.3 Å². The van der Waals surface area contributed by atoms with Gasteiger partial charge in [0.25, 0.3) is 5.91 Å². The lowest BCUT2D eigenvalue weighted by Gasteiger charge is -2.18. The van der Waals surface area contributed by atoms with Gasteiger partial charge in [0.05, 0.1) is 16.8 Å². The molecule has 4 aromatic rings. The quantitative estimate of drug-likeness (QED) is 0.394. The van der Waals surface area contributed by atoms with E-state index in [1.54, 1.807) is 46.0 Å². The predicted octanol–water partition coefficient (Wildman–Crippen LogP) is 5.56. The van der Waals surface area contributed by atoms with Crippen LogP contribution in [0.3, 0.4) is 0 Å². The molecule has 0 aliphatic rings. The first kappa shape index (κ1) is 18.5. The molecule has 0 fully saturated rings. The number of thiophene rings is 1. The molecule has 1 amide bonds. The molecule has 28 heavy (non-hydrogen) atoms. The van der Waals surface area contributed by atoms with Crippen LogP contribution in [0.1, 0.15) is 22.9 Å². The highest BCUT2D eigenvalue weighted by atomic mass is 32.1. The van der Waals surface area contributed by atoms with Gasteiger partial charge in [-0.25, -0.2) is 4.98 Å². The fourth-order valence-corrected chi connectivity index (χ4v) is 4.49. The van der Waals surface area contributed by atoms with Gasteiger partial charge in [-0.05, 0) is 53.3 Å². The summed E-state index contributed by atoms with van der Waals surface area (Å²) in [6.45, 7) is 2.57. The number of hydrogen-bond acceptors (Lipinski definition) is 5. The van der Waals surface area contributed by atoms with Crippen molar-refractivity contribution in [1.29, 1.82) is 0 Å². The van der Waals surface area contributed by atoms with Gasteiger partial charge in [-0.3, -0.25) is 14.7 Å². The lowest BCUT2D eigenvalue weighted by atomic mass is 10.2. The smallest absolute Gasteiger partial charge is 0.253 e. The standard InChI is InChI=1S/C22H19N3OS2/c1-2-16-7-9-19-20(13-16)28-22(24-19)25(15-17-5-3-11-23-14-17)21(26)10-8-18-6-4-12-27-18/h3-14H,2,15H2,1H3/b10-8+. The Kier molecular flexibility index (Phi) is 5.60. The third-order valence-electron chi connectivity index (χ3n) is 4.34. The van der Waals surface area contributed by atoms with Crippen LogP contribution in [-0.4, -0.2) is 15.9 Å². The van der Waals surface area contributed by atoms with Gasteiger partial charge in [-0.1, -0.05) is 36.5 Å². The number of thiazole rings is 1. The van der Waals surface area contributed by atoms with E-state index < -0.39 is 0 Å². The number of rotatable bonds is 6. The molecule has 0 radical (unpaired) electrons. The maximum absolute atomic E-state index is 13.0. The second-order valence-electron chi connectivity index (χ2n) is 6.29. The molecule has 140 valence electrons. The lowest BCUT2D eigenvalue weighted by Crippen LogP contribution is -2.28. The van der Waals surface area contributed by atoms with Crippen LogP contribution >= 0.6 is 22.7 Å². The van der Waals surface area contributed by atoms with Gasteiger partial charge in [0.1, 0.15) is 0 Å². The number of aryl methyl sites for hydroxylation is 1. The third-order valence-corrected chi connectivity index (χ3v) is 6.22. The number of pyridine rings is 1. The Bertz CT molecular complexity index is 1100. The Morgan fingerprint density at radius 1 is 1.18 bits per heavy atom. The van der Waals surface area contributed by atoms with Crippen LogP contribution in [0.4, 0.5) is 5.13 Å². The molecule has 0 saturated carbocycles. The summed E-state index contributed by atoms with van der Waals surface area (Å²) < 4.78 is 1.10. The molecule has 0 aliphatic heterocycles. The Labute approximate surface area is 171 Å². The first-order valence-corrected chi connectivity index (χ1v) is 10.7. The second-order valence-corrected chi connectivity index (χ2v) is 8.27. The Morgan fingerprint density at radius 3 is 2.86 bits per heavy atom. The number of aromatic nitrogens is 2. The molecule has 4 rings (SSSR count). The Hall–Kier alpha value is -2.83. The van der Waals surface area contributed by atoms with Crippen molar-refractivity contribution < 1.29 is 4.79 Å². The van der Waals surface area contributed by atoms with E-state index in [0.717, 1.165) is 27.1 Å². The molecular formula is C22H19N3OS2. The van der Waals surface area contributed by atoms with Gasteiger partial charge in [0.2, 0.25) is 0 Å². The molecule has 0 saturated heterocycles. The summed E-state index contributed by atoms with van der Waals surface area (Å²) in [5.74, 6) is -0.0907. The summed E-state index contributed by atoms with van der Waals surface area (Å²) in [6, 6.07) is 14.1. The Morgan fingerprint density at radius 2 is 2.11 bits per heavy atom. The van der Waals surface area contributed by atoms with Gasteiger partial charge in [-0.2, -0.15) is 0 Å². The molecular weight excluding hydrogens is 386 g/mol. The van der Waals surface area contributed by atoms with Crippen LogP contribution in [0.5, 0.6) is 0 Å². The third kappa shape index (κ3) is 4.18. The highest BCUT2D eigenvalue weighted by molar-refractivity contribution is 7.22. The molecule has 0 N–H and O–H groups in total. The van der Waals surface area contributed by atoms with Crippen LogP contribution in [0.2, 0.25) is 0 Å². The molecule has 3 aromatic heterocycles. The summed E-state index contributed by atoms with van der Waals surface area (Å²) in [5, 5.41) is 2.70. The number of hydrogen-bond donors (Lipinski definition) is 0. The number of carbonyl (C=O) groups is 1. The van der Waals surface area contributed by atoms with Crippen molar-refractivity contribution in [1.82, 2.24) is 9.97 Å². The average molecular weight is 406 g/mol. The number of benzene rings is 1. The minimum absolute atomic E-state index is 0.0907. The zero-order valence-corrected chi connectivity index (χ0v) is 17.0. The van der Waals surface area contributed by atoms with E-state index in [0.29, 0.717) is 11.7 Å². The summed E-state index contributed by atoms with van der Waals surface area (Å²) in [5.41, 5.74) is 3.16. The SMILES string of the molecule is CCc1ccc2nc(N(Cc3cccnc3)C(=O)/C=C/c3cccs3)sc2c1. The van der Waals surface area contributed by atoms with Crippen LogP contribution in [0.25, 0.3) is 16.3 Å². The molecule has 0 unspecified atom stereocenters. The summed E-state index contributed by atoms with van der Waals surface area (Å²) in [6.07, 6.45) is 7.96. The van der Waals surface area contributed by atoms with Crippen molar-refractivity contribution >= 4 is 50.0 Å². The maximum atomic E-state index is 13.0. The second kappa shape index (κ2) is 8.46.